The zero-order valence-electron chi connectivity index (χ0n) is 19.0. The highest BCUT2D eigenvalue weighted by Gasteiger charge is 2.27. The van der Waals surface area contributed by atoms with Crippen LogP contribution in [0.4, 0.5) is 25.0 Å². The maximum absolute atomic E-state index is 14.1. The Hall–Kier alpha value is -3.74. The van der Waals surface area contributed by atoms with E-state index in [0.717, 1.165) is 23.8 Å². The van der Waals surface area contributed by atoms with E-state index in [-0.39, 0.29) is 30.0 Å². The van der Waals surface area contributed by atoms with Gasteiger partial charge in [0, 0.05) is 30.0 Å². The maximum atomic E-state index is 14.1. The second-order valence-electron chi connectivity index (χ2n) is 8.35. The molecule has 0 unspecified atom stereocenters. The normalized spacial score (nSPS) is 14.7. The Morgan fingerprint density at radius 2 is 1.74 bits per heavy atom. The zero-order valence-corrected chi connectivity index (χ0v) is 19.0. The molecule has 1 heterocycles. The van der Waals surface area contributed by atoms with Crippen LogP contribution < -0.4 is 10.2 Å². The third kappa shape index (κ3) is 5.25. The lowest BCUT2D eigenvalue weighted by Gasteiger charge is -2.35. The van der Waals surface area contributed by atoms with Gasteiger partial charge in [-0.1, -0.05) is 37.3 Å². The number of carbonyl (C=O) groups is 2. The summed E-state index contributed by atoms with van der Waals surface area (Å²) in [4.78, 5) is 29.0. The van der Waals surface area contributed by atoms with Crippen molar-refractivity contribution in [2.75, 3.05) is 23.3 Å². The van der Waals surface area contributed by atoms with Crippen molar-refractivity contribution >= 4 is 23.3 Å². The van der Waals surface area contributed by atoms with Gasteiger partial charge >= 0.3 is 6.03 Å². The van der Waals surface area contributed by atoms with E-state index >= 15 is 0 Å². The van der Waals surface area contributed by atoms with E-state index in [2.05, 4.69) is 5.32 Å². The van der Waals surface area contributed by atoms with Crippen molar-refractivity contribution in [3.63, 3.8) is 0 Å². The largest absolute Gasteiger partial charge is 0.326 e. The van der Waals surface area contributed by atoms with Gasteiger partial charge in [0.1, 0.15) is 11.6 Å². The van der Waals surface area contributed by atoms with Crippen LogP contribution in [0.2, 0.25) is 0 Å². The minimum absolute atomic E-state index is 0.00492. The number of nitrogens with one attached hydrogen (secondary N) is 1. The molecule has 3 aromatic carbocycles. The zero-order chi connectivity index (χ0) is 24.1. The highest BCUT2D eigenvalue weighted by Crippen LogP contribution is 2.26. The molecule has 0 spiro atoms. The fourth-order valence-corrected chi connectivity index (χ4v) is 4.25. The fraction of sp³-hybridized carbons (Fsp3) is 0.259. The summed E-state index contributed by atoms with van der Waals surface area (Å²) in [5.74, 6) is -1.40. The molecular formula is C27H27F2N3O2. The molecule has 0 radical (unpaired) electrons. The van der Waals surface area contributed by atoms with Crippen molar-refractivity contribution in [2.24, 2.45) is 0 Å². The monoisotopic (exact) mass is 463 g/mol. The predicted octanol–water partition coefficient (Wildman–Crippen LogP) is 5.93. The fourth-order valence-electron chi connectivity index (χ4n) is 4.25. The summed E-state index contributed by atoms with van der Waals surface area (Å²) in [6, 6.07) is 19.7. The van der Waals surface area contributed by atoms with E-state index in [1.54, 1.807) is 29.2 Å². The number of hydrogen-bond donors (Lipinski definition) is 1. The minimum atomic E-state index is -0.535. The van der Waals surface area contributed by atoms with E-state index in [0.29, 0.717) is 37.3 Å². The van der Waals surface area contributed by atoms with Crippen molar-refractivity contribution < 1.29 is 18.4 Å². The van der Waals surface area contributed by atoms with Crippen LogP contribution in [0.3, 0.4) is 0 Å². The third-order valence-electron chi connectivity index (χ3n) is 6.05. The van der Waals surface area contributed by atoms with Crippen LogP contribution in [0.5, 0.6) is 0 Å². The number of carbonyl (C=O) groups excluding carboxylic acids is 2. The van der Waals surface area contributed by atoms with Crippen LogP contribution in [0.1, 0.15) is 36.8 Å². The molecular weight excluding hydrogens is 436 g/mol. The van der Waals surface area contributed by atoms with Crippen LogP contribution in [-0.4, -0.2) is 29.9 Å². The highest BCUT2D eigenvalue weighted by atomic mass is 19.1. The lowest BCUT2D eigenvalue weighted by Crippen LogP contribution is -2.49. The van der Waals surface area contributed by atoms with Crippen LogP contribution in [-0.2, 0) is 11.3 Å². The average Bonchev–Trinajstić information content (AvgIpc) is 2.84. The molecule has 3 amide bonds. The van der Waals surface area contributed by atoms with Gasteiger partial charge in [-0.2, -0.15) is 0 Å². The summed E-state index contributed by atoms with van der Waals surface area (Å²) < 4.78 is 27.6. The van der Waals surface area contributed by atoms with Gasteiger partial charge in [-0.05, 0) is 60.9 Å². The molecule has 34 heavy (non-hydrogen) atoms. The first-order valence-corrected chi connectivity index (χ1v) is 11.4. The first kappa shape index (κ1) is 23.4. The molecule has 7 heteroatoms. The van der Waals surface area contributed by atoms with Crippen LogP contribution in [0.25, 0.3) is 0 Å². The van der Waals surface area contributed by atoms with Gasteiger partial charge in [0.25, 0.3) is 0 Å². The molecule has 1 N–H and O–H groups in total. The number of urea groups is 1. The summed E-state index contributed by atoms with van der Waals surface area (Å²) >= 11 is 0. The lowest BCUT2D eigenvalue weighted by atomic mass is 9.95. The number of rotatable bonds is 7. The number of halogens is 2. The summed E-state index contributed by atoms with van der Waals surface area (Å²) in [6.07, 6.45) is 1.38. The van der Waals surface area contributed by atoms with Crippen molar-refractivity contribution in [3.8, 4) is 0 Å². The Morgan fingerprint density at radius 1 is 1.00 bits per heavy atom. The Morgan fingerprint density at radius 3 is 2.44 bits per heavy atom. The molecule has 1 atom stereocenters. The molecule has 0 saturated carbocycles. The molecule has 1 saturated heterocycles. The second kappa shape index (κ2) is 10.5. The molecule has 0 aliphatic carbocycles. The Balaban J connectivity index is 1.43. The summed E-state index contributed by atoms with van der Waals surface area (Å²) in [5.41, 5.74) is 2.44. The van der Waals surface area contributed by atoms with Gasteiger partial charge in [-0.3, -0.25) is 9.69 Å². The van der Waals surface area contributed by atoms with Gasteiger partial charge in [-0.15, -0.1) is 0 Å². The van der Waals surface area contributed by atoms with Gasteiger partial charge in [0.15, 0.2) is 0 Å². The van der Waals surface area contributed by atoms with E-state index in [9.17, 15) is 18.4 Å². The number of nitrogens with zero attached hydrogens (tertiary/aromatic N) is 2. The SMILES string of the molecule is CC[C@H](C(=O)Nc1ccc(N2CCCN(Cc3cc(F)ccc3F)C2=O)cc1)c1ccccc1. The number of hydrogen-bond acceptors (Lipinski definition) is 2. The van der Waals surface area contributed by atoms with Crippen molar-refractivity contribution in [1.29, 1.82) is 0 Å². The molecule has 3 aromatic rings. The van der Waals surface area contributed by atoms with Crippen LogP contribution in [0.15, 0.2) is 72.8 Å². The Labute approximate surface area is 198 Å². The van der Waals surface area contributed by atoms with E-state index in [1.807, 2.05) is 37.3 Å². The van der Waals surface area contributed by atoms with Crippen molar-refractivity contribution in [3.05, 3.63) is 95.6 Å². The molecule has 0 bridgehead atoms. The number of amides is 3. The van der Waals surface area contributed by atoms with E-state index < -0.39 is 11.6 Å². The molecule has 1 aliphatic heterocycles. The molecule has 5 nitrogen and oxygen atoms in total. The topological polar surface area (TPSA) is 52.7 Å². The predicted molar refractivity (Wildman–Crippen MR) is 129 cm³/mol. The average molecular weight is 464 g/mol. The summed E-state index contributed by atoms with van der Waals surface area (Å²) in [5, 5.41) is 2.96. The Kier molecular flexibility index (Phi) is 7.21. The molecule has 4 rings (SSSR count). The number of anilines is 2. The third-order valence-corrected chi connectivity index (χ3v) is 6.05. The molecule has 1 fully saturated rings. The molecule has 1 aliphatic rings. The summed E-state index contributed by atoms with van der Waals surface area (Å²) in [6.45, 7) is 2.98. The van der Waals surface area contributed by atoms with Crippen LogP contribution in [0, 0.1) is 11.6 Å². The second-order valence-corrected chi connectivity index (χ2v) is 8.35. The first-order chi connectivity index (χ1) is 16.5. The first-order valence-electron chi connectivity index (χ1n) is 11.4. The summed E-state index contributed by atoms with van der Waals surface area (Å²) in [7, 11) is 0. The smallest absolute Gasteiger partial charge is 0.324 e. The van der Waals surface area contributed by atoms with Crippen LogP contribution >= 0.6 is 0 Å². The maximum Gasteiger partial charge on any atom is 0.324 e. The molecule has 0 aromatic heterocycles. The van der Waals surface area contributed by atoms with E-state index in [1.165, 1.54) is 4.90 Å². The molecule has 176 valence electrons. The van der Waals surface area contributed by atoms with Crippen molar-refractivity contribution in [2.45, 2.75) is 32.2 Å². The quantitative estimate of drug-likeness (QED) is 0.472. The van der Waals surface area contributed by atoms with Gasteiger partial charge in [0.2, 0.25) is 5.91 Å². The highest BCUT2D eigenvalue weighted by molar-refractivity contribution is 5.97. The van der Waals surface area contributed by atoms with Gasteiger partial charge < -0.3 is 10.2 Å². The number of benzene rings is 3. The Bertz CT molecular complexity index is 1150. The minimum Gasteiger partial charge on any atom is -0.326 e. The standard InChI is InChI=1S/C27H27F2N3O2/c1-2-24(19-7-4-3-5-8-19)26(33)30-22-10-12-23(13-11-22)32-16-6-15-31(27(32)34)18-20-17-21(28)9-14-25(20)29/h3-5,7-14,17,24H,2,6,15-16,18H2,1H3,(H,30,33)/t24-/m0/s1. The van der Waals surface area contributed by atoms with Gasteiger partial charge in [0.05, 0.1) is 12.5 Å². The van der Waals surface area contributed by atoms with E-state index in [4.69, 9.17) is 0 Å². The van der Waals surface area contributed by atoms with Crippen molar-refractivity contribution in [1.82, 2.24) is 4.90 Å². The lowest BCUT2D eigenvalue weighted by molar-refractivity contribution is -0.117. The van der Waals surface area contributed by atoms with Gasteiger partial charge in [-0.25, -0.2) is 13.6 Å².